The summed E-state index contributed by atoms with van der Waals surface area (Å²) in [5, 5.41) is 10.8. The first-order valence-electron chi connectivity index (χ1n) is 7.23. The first-order valence-corrected chi connectivity index (χ1v) is 8.49. The first-order chi connectivity index (χ1) is 9.76. The minimum absolute atomic E-state index is 0.287. The summed E-state index contributed by atoms with van der Waals surface area (Å²) < 4.78 is 2.00. The zero-order valence-electron chi connectivity index (χ0n) is 12.1. The molecule has 0 bridgehead atoms. The van der Waals surface area contributed by atoms with E-state index in [4.69, 9.17) is 11.6 Å². The molecule has 2 rings (SSSR count). The lowest BCUT2D eigenvalue weighted by Crippen LogP contribution is -2.24. The molecule has 0 spiro atoms. The lowest BCUT2D eigenvalue weighted by Gasteiger charge is -2.19. The van der Waals surface area contributed by atoms with Gasteiger partial charge in [0, 0.05) is 11.4 Å². The summed E-state index contributed by atoms with van der Waals surface area (Å²) in [6.07, 6.45) is 5.13. The summed E-state index contributed by atoms with van der Waals surface area (Å²) in [7, 11) is 0. The molecule has 2 aromatic rings. The van der Waals surface area contributed by atoms with Crippen LogP contribution in [0.25, 0.3) is 0 Å². The lowest BCUT2D eigenvalue weighted by molar-refractivity contribution is 0.456. The number of halogens is 1. The van der Waals surface area contributed by atoms with Crippen LogP contribution in [0.2, 0.25) is 5.02 Å². The normalized spacial score (nSPS) is 12.8. The molecule has 2 aromatic heterocycles. The highest BCUT2D eigenvalue weighted by Crippen LogP contribution is 2.27. The van der Waals surface area contributed by atoms with Crippen molar-refractivity contribution in [2.45, 2.75) is 45.7 Å². The van der Waals surface area contributed by atoms with E-state index in [1.54, 1.807) is 6.20 Å². The second-order valence-electron chi connectivity index (χ2n) is 4.78. The molecule has 20 heavy (non-hydrogen) atoms. The van der Waals surface area contributed by atoms with E-state index in [0.29, 0.717) is 0 Å². The van der Waals surface area contributed by atoms with Gasteiger partial charge in [-0.1, -0.05) is 24.6 Å². The Morgan fingerprint density at radius 1 is 1.45 bits per heavy atom. The minimum Gasteiger partial charge on any atom is -0.309 e. The summed E-state index contributed by atoms with van der Waals surface area (Å²) in [4.78, 5) is 1.45. The van der Waals surface area contributed by atoms with E-state index in [9.17, 15) is 0 Å². The molecule has 3 nitrogen and oxygen atoms in total. The Balaban J connectivity index is 2.00. The fourth-order valence-electron chi connectivity index (χ4n) is 2.49. The van der Waals surface area contributed by atoms with Crippen LogP contribution in [-0.2, 0) is 13.0 Å². The molecule has 0 radical (unpaired) electrons. The molecule has 0 amide bonds. The topological polar surface area (TPSA) is 29.9 Å². The minimum atomic E-state index is 0.287. The Labute approximate surface area is 130 Å². The molecule has 0 aliphatic rings. The average molecular weight is 312 g/mol. The van der Waals surface area contributed by atoms with Crippen LogP contribution in [0.15, 0.2) is 23.7 Å². The standard InChI is InChI=1S/C15H22ClN3S/c1-3-17-14(9-5-7-12-8-6-10-20-12)15-13(16)11-18-19(15)4-2/h6,8,10-11,14,17H,3-5,7,9H2,1-2H3. The monoisotopic (exact) mass is 311 g/mol. The van der Waals surface area contributed by atoms with Gasteiger partial charge < -0.3 is 5.32 Å². The third-order valence-electron chi connectivity index (χ3n) is 3.41. The Morgan fingerprint density at radius 3 is 2.95 bits per heavy atom. The second kappa shape index (κ2) is 7.81. The van der Waals surface area contributed by atoms with E-state index in [1.165, 1.54) is 4.88 Å². The van der Waals surface area contributed by atoms with Gasteiger partial charge in [-0.3, -0.25) is 4.68 Å². The van der Waals surface area contributed by atoms with Crippen molar-refractivity contribution < 1.29 is 0 Å². The predicted molar refractivity (Wildman–Crippen MR) is 86.6 cm³/mol. The molecule has 0 aliphatic heterocycles. The van der Waals surface area contributed by atoms with E-state index in [0.717, 1.165) is 43.1 Å². The van der Waals surface area contributed by atoms with Crippen LogP contribution in [0.4, 0.5) is 0 Å². The highest BCUT2D eigenvalue weighted by molar-refractivity contribution is 7.09. The number of aryl methyl sites for hydroxylation is 2. The molecule has 0 aromatic carbocycles. The number of aromatic nitrogens is 2. The van der Waals surface area contributed by atoms with Gasteiger partial charge in [0.2, 0.25) is 0 Å². The average Bonchev–Trinajstić information content (AvgIpc) is 3.07. The second-order valence-corrected chi connectivity index (χ2v) is 6.21. The van der Waals surface area contributed by atoms with Gasteiger partial charge in [0.15, 0.2) is 0 Å². The van der Waals surface area contributed by atoms with Crippen molar-refractivity contribution in [2.75, 3.05) is 6.54 Å². The summed E-state index contributed by atoms with van der Waals surface area (Å²) >= 11 is 8.14. The van der Waals surface area contributed by atoms with Crippen LogP contribution >= 0.6 is 22.9 Å². The molecule has 0 fully saturated rings. The maximum Gasteiger partial charge on any atom is 0.0834 e. The molecule has 5 heteroatoms. The number of hydrogen-bond acceptors (Lipinski definition) is 3. The number of thiophene rings is 1. The van der Waals surface area contributed by atoms with E-state index in [1.807, 2.05) is 16.0 Å². The molecular formula is C15H22ClN3S. The van der Waals surface area contributed by atoms with Crippen molar-refractivity contribution in [3.63, 3.8) is 0 Å². The summed E-state index contributed by atoms with van der Waals surface area (Å²) in [5.74, 6) is 0. The van der Waals surface area contributed by atoms with Gasteiger partial charge in [0.1, 0.15) is 0 Å². The third-order valence-corrected chi connectivity index (χ3v) is 4.64. The highest BCUT2D eigenvalue weighted by Gasteiger charge is 2.18. The summed E-state index contributed by atoms with van der Waals surface area (Å²) in [6.45, 7) is 6.03. The molecule has 0 saturated carbocycles. The smallest absolute Gasteiger partial charge is 0.0834 e. The number of nitrogens with zero attached hydrogens (tertiary/aromatic N) is 2. The quantitative estimate of drug-likeness (QED) is 0.788. The largest absolute Gasteiger partial charge is 0.309 e. The van der Waals surface area contributed by atoms with Crippen molar-refractivity contribution in [3.05, 3.63) is 39.3 Å². The maximum atomic E-state index is 6.31. The fraction of sp³-hybridized carbons (Fsp3) is 0.533. The van der Waals surface area contributed by atoms with Gasteiger partial charge in [0.05, 0.1) is 23.0 Å². The molecule has 2 heterocycles. The molecular weight excluding hydrogens is 290 g/mol. The van der Waals surface area contributed by atoms with Gasteiger partial charge in [-0.25, -0.2) is 0 Å². The molecule has 1 unspecified atom stereocenters. The Hall–Kier alpha value is -0.840. The van der Waals surface area contributed by atoms with Crippen molar-refractivity contribution in [1.29, 1.82) is 0 Å². The van der Waals surface area contributed by atoms with Gasteiger partial charge in [-0.15, -0.1) is 11.3 Å². The number of rotatable bonds is 8. The van der Waals surface area contributed by atoms with Crippen LogP contribution in [0.1, 0.15) is 43.3 Å². The highest BCUT2D eigenvalue weighted by atomic mass is 35.5. The predicted octanol–water partition coefficient (Wildman–Crippen LogP) is 4.29. The Bertz CT molecular complexity index is 507. The SMILES string of the molecule is CCNC(CCCc1cccs1)c1c(Cl)cnn1CC. The zero-order valence-corrected chi connectivity index (χ0v) is 13.7. The molecule has 110 valence electrons. The van der Waals surface area contributed by atoms with E-state index < -0.39 is 0 Å². The Morgan fingerprint density at radius 2 is 2.30 bits per heavy atom. The van der Waals surface area contributed by atoms with Crippen LogP contribution in [-0.4, -0.2) is 16.3 Å². The molecule has 0 saturated heterocycles. The zero-order chi connectivity index (χ0) is 14.4. The van der Waals surface area contributed by atoms with Crippen LogP contribution < -0.4 is 5.32 Å². The van der Waals surface area contributed by atoms with Gasteiger partial charge in [-0.05, 0) is 44.2 Å². The summed E-state index contributed by atoms with van der Waals surface area (Å²) in [5.41, 5.74) is 1.13. The van der Waals surface area contributed by atoms with E-state index in [2.05, 4.69) is 41.8 Å². The van der Waals surface area contributed by atoms with Gasteiger partial charge in [-0.2, -0.15) is 5.10 Å². The van der Waals surface area contributed by atoms with Crippen molar-refractivity contribution in [3.8, 4) is 0 Å². The van der Waals surface area contributed by atoms with E-state index >= 15 is 0 Å². The van der Waals surface area contributed by atoms with E-state index in [-0.39, 0.29) is 6.04 Å². The van der Waals surface area contributed by atoms with Crippen LogP contribution in [0.5, 0.6) is 0 Å². The number of hydrogen-bond donors (Lipinski definition) is 1. The van der Waals surface area contributed by atoms with Crippen molar-refractivity contribution in [2.24, 2.45) is 0 Å². The first kappa shape index (κ1) is 15.5. The lowest BCUT2D eigenvalue weighted by atomic mass is 10.1. The third kappa shape index (κ3) is 3.84. The van der Waals surface area contributed by atoms with Gasteiger partial charge in [0.25, 0.3) is 0 Å². The van der Waals surface area contributed by atoms with Crippen molar-refractivity contribution in [1.82, 2.24) is 15.1 Å². The maximum absolute atomic E-state index is 6.31. The molecule has 1 atom stereocenters. The fourth-order valence-corrected chi connectivity index (χ4v) is 3.51. The number of nitrogens with one attached hydrogen (secondary N) is 1. The van der Waals surface area contributed by atoms with Crippen LogP contribution in [0, 0.1) is 0 Å². The van der Waals surface area contributed by atoms with Gasteiger partial charge >= 0.3 is 0 Å². The van der Waals surface area contributed by atoms with Crippen LogP contribution in [0.3, 0.4) is 0 Å². The molecule has 0 aliphatic carbocycles. The van der Waals surface area contributed by atoms with Crippen molar-refractivity contribution >= 4 is 22.9 Å². The summed E-state index contributed by atoms with van der Waals surface area (Å²) in [6, 6.07) is 4.61. The Kier molecular flexibility index (Phi) is 6.07. The molecule has 1 N–H and O–H groups in total.